The van der Waals surface area contributed by atoms with Gasteiger partial charge in [0.2, 0.25) is 0 Å². The number of aryl methyl sites for hydroxylation is 1. The van der Waals surface area contributed by atoms with Gasteiger partial charge >= 0.3 is 5.97 Å². The molecule has 0 aromatic heterocycles. The quantitative estimate of drug-likeness (QED) is 0.212. The highest BCUT2D eigenvalue weighted by molar-refractivity contribution is 14.1. The van der Waals surface area contributed by atoms with E-state index in [4.69, 9.17) is 9.47 Å². The highest BCUT2D eigenvalue weighted by Gasteiger charge is 2.21. The van der Waals surface area contributed by atoms with Gasteiger partial charge in [-0.1, -0.05) is 13.8 Å². The van der Waals surface area contributed by atoms with Crippen molar-refractivity contribution in [3.8, 4) is 17.2 Å². The minimum Gasteiger partial charge on any atom is -0.508 e. The number of carbonyl (C=O) groups excluding carboxylic acids is 1. The molecule has 152 valence electrons. The predicted octanol–water partition coefficient (Wildman–Crippen LogP) is 4.26. The van der Waals surface area contributed by atoms with Crippen molar-refractivity contribution in [3.05, 3.63) is 42.5 Å². The molecule has 28 heavy (non-hydrogen) atoms. The summed E-state index contributed by atoms with van der Waals surface area (Å²) in [6.07, 6.45) is 0. The van der Waals surface area contributed by atoms with Crippen molar-refractivity contribution < 1.29 is 32.3 Å². The molecule has 2 N–H and O–H groups in total. The van der Waals surface area contributed by atoms with E-state index in [-0.39, 0.29) is 16.6 Å². The summed E-state index contributed by atoms with van der Waals surface area (Å²) < 4.78 is 44.6. The monoisotopic (exact) mass is 632 g/mol. The highest BCUT2D eigenvalue weighted by Crippen LogP contribution is 2.33. The van der Waals surface area contributed by atoms with E-state index >= 15 is 0 Å². The van der Waals surface area contributed by atoms with Crippen LogP contribution in [0, 0.1) is 14.1 Å². The zero-order valence-corrected chi connectivity index (χ0v) is 20.3. The van der Waals surface area contributed by atoms with E-state index in [1.54, 1.807) is 20.8 Å². The molecule has 2 rings (SSSR count). The fourth-order valence-corrected chi connectivity index (χ4v) is 5.31. The van der Waals surface area contributed by atoms with Gasteiger partial charge in [0.1, 0.15) is 11.5 Å². The Kier molecular flexibility index (Phi) is 7.56. The summed E-state index contributed by atoms with van der Waals surface area (Å²) in [6.45, 7) is 4.79. The number of phenols is 1. The van der Waals surface area contributed by atoms with Crippen molar-refractivity contribution in [2.24, 2.45) is 0 Å². The number of phenolic OH excluding ortho intramolecular Hbond substituents is 1. The van der Waals surface area contributed by atoms with Crippen LogP contribution in [0.1, 0.15) is 30.9 Å². The third kappa shape index (κ3) is 5.70. The van der Waals surface area contributed by atoms with Gasteiger partial charge in [0, 0.05) is 0 Å². The molecule has 0 bridgehead atoms. The lowest BCUT2D eigenvalue weighted by molar-refractivity contribution is -0.136. The summed E-state index contributed by atoms with van der Waals surface area (Å²) in [7, 11) is -4.37. The minimum absolute atomic E-state index is 0.0700. The number of carbonyl (C=O) groups is 1. The Morgan fingerprint density at radius 1 is 1.14 bits per heavy atom. The van der Waals surface area contributed by atoms with Crippen LogP contribution in [0.2, 0.25) is 0 Å². The van der Waals surface area contributed by atoms with Crippen LogP contribution < -0.4 is 9.47 Å². The van der Waals surface area contributed by atoms with E-state index in [9.17, 15) is 22.9 Å². The average molecular weight is 632 g/mol. The largest absolute Gasteiger partial charge is 0.508 e. The first-order valence-corrected chi connectivity index (χ1v) is 11.6. The van der Waals surface area contributed by atoms with E-state index in [1.807, 2.05) is 45.2 Å². The SMILES string of the molecule is Cc1cc(S(=O)(=O)O)c(C(C)C)cc1OCC(=O)Oc1c(I)cc(O)cc1I. The molecular weight excluding hydrogens is 614 g/mol. The first kappa shape index (κ1) is 23.2. The number of rotatable bonds is 6. The van der Waals surface area contributed by atoms with E-state index in [0.717, 1.165) is 0 Å². The van der Waals surface area contributed by atoms with Crippen LogP contribution in [-0.4, -0.2) is 30.7 Å². The molecule has 0 amide bonds. The number of hydrogen-bond acceptors (Lipinski definition) is 6. The predicted molar refractivity (Wildman–Crippen MR) is 120 cm³/mol. The minimum atomic E-state index is -4.37. The van der Waals surface area contributed by atoms with Crippen molar-refractivity contribution in [1.29, 1.82) is 0 Å². The fourth-order valence-electron chi connectivity index (χ4n) is 2.43. The second-order valence-corrected chi connectivity index (χ2v) is 10.0. The number of aromatic hydroxyl groups is 1. The molecule has 0 aliphatic rings. The second-order valence-electron chi connectivity index (χ2n) is 6.29. The van der Waals surface area contributed by atoms with Crippen LogP contribution in [0.4, 0.5) is 0 Å². The highest BCUT2D eigenvalue weighted by atomic mass is 127. The summed E-state index contributed by atoms with van der Waals surface area (Å²) in [5, 5.41) is 9.55. The third-order valence-corrected chi connectivity index (χ3v) is 6.26. The number of ether oxygens (including phenoxy) is 2. The van der Waals surface area contributed by atoms with Gasteiger partial charge in [0.05, 0.1) is 12.0 Å². The van der Waals surface area contributed by atoms with Crippen LogP contribution in [0.5, 0.6) is 17.2 Å². The van der Waals surface area contributed by atoms with Crippen LogP contribution in [-0.2, 0) is 14.9 Å². The normalized spacial score (nSPS) is 11.5. The summed E-state index contributed by atoms with van der Waals surface area (Å²) >= 11 is 3.90. The van der Waals surface area contributed by atoms with Crippen molar-refractivity contribution in [3.63, 3.8) is 0 Å². The van der Waals surface area contributed by atoms with E-state index < -0.39 is 22.7 Å². The molecule has 0 atom stereocenters. The molecule has 0 saturated heterocycles. The van der Waals surface area contributed by atoms with Crippen LogP contribution in [0.3, 0.4) is 0 Å². The Morgan fingerprint density at radius 3 is 2.21 bits per heavy atom. The van der Waals surface area contributed by atoms with Crippen LogP contribution in [0.15, 0.2) is 29.2 Å². The standard InChI is InChI=1S/C18H18I2O7S/c1-9(2)12-7-15(10(3)4-16(12)28(23,24)25)26-8-17(22)27-18-13(19)5-11(21)6-14(18)20/h4-7,9,21H,8H2,1-3H3,(H,23,24,25). The lowest BCUT2D eigenvalue weighted by atomic mass is 10.0. The van der Waals surface area contributed by atoms with Gasteiger partial charge < -0.3 is 14.6 Å². The average Bonchev–Trinajstić information content (AvgIpc) is 2.55. The second kappa shape index (κ2) is 9.13. The Labute approximate surface area is 190 Å². The van der Waals surface area contributed by atoms with Gasteiger partial charge in [0.25, 0.3) is 10.1 Å². The molecule has 0 spiro atoms. The molecule has 0 saturated carbocycles. The number of benzene rings is 2. The molecular formula is C18H18I2O7S. The van der Waals surface area contributed by atoms with Gasteiger partial charge in [-0.25, -0.2) is 4.79 Å². The lowest BCUT2D eigenvalue weighted by Gasteiger charge is -2.16. The lowest BCUT2D eigenvalue weighted by Crippen LogP contribution is -2.19. The van der Waals surface area contributed by atoms with Gasteiger partial charge in [-0.05, 0) is 93.4 Å². The first-order valence-electron chi connectivity index (χ1n) is 8.03. The van der Waals surface area contributed by atoms with Gasteiger partial charge in [-0.15, -0.1) is 0 Å². The summed E-state index contributed by atoms with van der Waals surface area (Å²) in [5.41, 5.74) is 0.845. The third-order valence-electron chi connectivity index (χ3n) is 3.75. The molecule has 7 nitrogen and oxygen atoms in total. The molecule has 10 heteroatoms. The molecule has 0 aliphatic carbocycles. The zero-order valence-electron chi connectivity index (χ0n) is 15.2. The van der Waals surface area contributed by atoms with Crippen molar-refractivity contribution in [2.45, 2.75) is 31.6 Å². The Morgan fingerprint density at radius 2 is 1.71 bits per heavy atom. The number of halogens is 2. The first-order chi connectivity index (χ1) is 12.9. The van der Waals surface area contributed by atoms with E-state index in [1.165, 1.54) is 24.3 Å². The van der Waals surface area contributed by atoms with Crippen molar-refractivity contribution >= 4 is 61.3 Å². The molecule has 0 radical (unpaired) electrons. The summed E-state index contributed by atoms with van der Waals surface area (Å²) in [5.74, 6) is -0.115. The van der Waals surface area contributed by atoms with Crippen molar-refractivity contribution in [1.82, 2.24) is 0 Å². The smallest absolute Gasteiger partial charge is 0.349 e. The summed E-state index contributed by atoms with van der Waals surface area (Å²) in [6, 6.07) is 5.76. The molecule has 2 aromatic rings. The van der Waals surface area contributed by atoms with E-state index in [2.05, 4.69) is 0 Å². The molecule has 2 aromatic carbocycles. The zero-order chi connectivity index (χ0) is 21.2. The maximum atomic E-state index is 12.2. The topological polar surface area (TPSA) is 110 Å². The molecule has 0 heterocycles. The molecule has 0 unspecified atom stereocenters. The maximum absolute atomic E-state index is 12.2. The van der Waals surface area contributed by atoms with Crippen molar-refractivity contribution in [2.75, 3.05) is 6.61 Å². The van der Waals surface area contributed by atoms with Crippen LogP contribution in [0.25, 0.3) is 0 Å². The Bertz CT molecular complexity index is 994. The Hall–Kier alpha value is -1.12. The molecule has 0 aliphatic heterocycles. The Balaban J connectivity index is 2.21. The van der Waals surface area contributed by atoms with Crippen LogP contribution >= 0.6 is 45.2 Å². The number of esters is 1. The fraction of sp³-hybridized carbons (Fsp3) is 0.278. The maximum Gasteiger partial charge on any atom is 0.349 e. The summed E-state index contributed by atoms with van der Waals surface area (Å²) in [4.78, 5) is 12.0. The molecule has 0 fully saturated rings. The van der Waals surface area contributed by atoms with Gasteiger partial charge in [-0.3, -0.25) is 4.55 Å². The van der Waals surface area contributed by atoms with Gasteiger partial charge in [-0.2, -0.15) is 8.42 Å². The number of hydrogen-bond donors (Lipinski definition) is 2. The van der Waals surface area contributed by atoms with E-state index in [0.29, 0.717) is 29.8 Å². The van der Waals surface area contributed by atoms with Gasteiger partial charge in [0.15, 0.2) is 12.4 Å².